The number of aliphatic carboxylic acids is 1. The average Bonchev–Trinajstić information content (AvgIpc) is 3.51. The highest BCUT2D eigenvalue weighted by Gasteiger charge is 2.61. The molecule has 4 aromatic rings. The van der Waals surface area contributed by atoms with E-state index in [2.05, 4.69) is 27.8 Å². The number of hydrogen-bond acceptors (Lipinski definition) is 12. The minimum Gasteiger partial charge on any atom is -0.497 e. The van der Waals surface area contributed by atoms with Crippen molar-refractivity contribution in [3.63, 3.8) is 0 Å². The molecular formula is C50H60N8O9S. The Labute approximate surface area is 399 Å². The van der Waals surface area contributed by atoms with Crippen LogP contribution in [0.15, 0.2) is 66.6 Å². The summed E-state index contributed by atoms with van der Waals surface area (Å²) in [6, 6.07) is 10.3. The van der Waals surface area contributed by atoms with Gasteiger partial charge in [0.15, 0.2) is 5.13 Å². The SMILES string of the molecule is C=CC1C[C@]1(NC(=O)[C@@H]1C[C@@H](Oc2cc(-c3csc(NC(C)C)n3)nc3cc(OC)ccc23)CN1C(=O)[C@@H](NC(=O)N[C@H](CN1C(=O)c2ccccc2C1=O)C(C)(C)C)C1CCCCC1)C(=O)O. The summed E-state index contributed by atoms with van der Waals surface area (Å²) >= 11 is 1.44. The Morgan fingerprint density at radius 3 is 2.31 bits per heavy atom. The Morgan fingerprint density at radius 1 is 0.985 bits per heavy atom. The molecule has 6 atom stereocenters. The van der Waals surface area contributed by atoms with Gasteiger partial charge in [-0.15, -0.1) is 17.9 Å². The van der Waals surface area contributed by atoms with Crippen molar-refractivity contribution < 1.29 is 43.3 Å². The molecule has 3 fully saturated rings. The number of urea groups is 1. The number of anilines is 1. The molecule has 1 unspecified atom stereocenters. The Balaban J connectivity index is 1.09. The highest BCUT2D eigenvalue weighted by molar-refractivity contribution is 7.14. The van der Waals surface area contributed by atoms with Crippen LogP contribution in [0.5, 0.6) is 11.5 Å². The minimum absolute atomic E-state index is 0.0104. The van der Waals surface area contributed by atoms with Gasteiger partial charge in [-0.05, 0) is 68.7 Å². The van der Waals surface area contributed by atoms with E-state index in [9.17, 15) is 29.1 Å². The van der Waals surface area contributed by atoms with E-state index in [1.807, 2.05) is 46.1 Å². The zero-order valence-electron chi connectivity index (χ0n) is 39.3. The van der Waals surface area contributed by atoms with Crippen LogP contribution in [0.3, 0.4) is 0 Å². The summed E-state index contributed by atoms with van der Waals surface area (Å²) in [5.74, 6) is -3.05. The molecule has 18 heteroatoms. The number of carboxylic acids is 1. The van der Waals surface area contributed by atoms with Gasteiger partial charge in [-0.1, -0.05) is 58.2 Å². The topological polar surface area (TPSA) is 221 Å². The van der Waals surface area contributed by atoms with Crippen molar-refractivity contribution in [1.29, 1.82) is 0 Å². The molecule has 0 spiro atoms. The van der Waals surface area contributed by atoms with E-state index in [4.69, 9.17) is 19.4 Å². The van der Waals surface area contributed by atoms with Crippen molar-refractivity contribution in [3.05, 3.63) is 77.7 Å². The Morgan fingerprint density at radius 2 is 1.69 bits per heavy atom. The fourth-order valence-corrected chi connectivity index (χ4v) is 10.5. The number of ether oxygens (including phenoxy) is 2. The molecule has 1 saturated heterocycles. The molecule has 360 valence electrons. The first-order valence-corrected chi connectivity index (χ1v) is 24.2. The molecule has 2 aromatic heterocycles. The smallest absolute Gasteiger partial charge is 0.330 e. The van der Waals surface area contributed by atoms with Crippen molar-refractivity contribution in [2.24, 2.45) is 17.3 Å². The summed E-state index contributed by atoms with van der Waals surface area (Å²) < 4.78 is 12.3. The molecule has 0 bridgehead atoms. The van der Waals surface area contributed by atoms with Crippen molar-refractivity contribution in [2.45, 2.75) is 115 Å². The summed E-state index contributed by atoms with van der Waals surface area (Å²) in [6.07, 6.45) is 4.82. The van der Waals surface area contributed by atoms with Crippen molar-refractivity contribution in [1.82, 2.24) is 35.7 Å². The van der Waals surface area contributed by atoms with E-state index in [-0.39, 0.29) is 37.9 Å². The third kappa shape index (κ3) is 9.73. The number of likely N-dealkylation sites (tertiary alicyclic amines) is 1. The van der Waals surface area contributed by atoms with Crippen LogP contribution in [0, 0.1) is 17.3 Å². The van der Waals surface area contributed by atoms with Gasteiger partial charge in [-0.25, -0.2) is 19.6 Å². The molecule has 6 amide bonds. The number of benzene rings is 2. The number of fused-ring (bicyclic) bond motifs is 2. The van der Waals surface area contributed by atoms with Gasteiger partial charge in [0.1, 0.15) is 40.9 Å². The number of imide groups is 1. The van der Waals surface area contributed by atoms with Crippen molar-refractivity contribution >= 4 is 63.0 Å². The summed E-state index contributed by atoms with van der Waals surface area (Å²) in [4.78, 5) is 95.7. The third-order valence-corrected chi connectivity index (χ3v) is 14.4. The number of nitrogens with zero attached hydrogens (tertiary/aromatic N) is 4. The largest absolute Gasteiger partial charge is 0.497 e. The molecule has 4 aliphatic rings. The molecule has 2 aliphatic carbocycles. The lowest BCUT2D eigenvalue weighted by Crippen LogP contribution is -2.61. The van der Waals surface area contributed by atoms with E-state index in [0.717, 1.165) is 29.3 Å². The van der Waals surface area contributed by atoms with Crippen LogP contribution in [0.25, 0.3) is 22.3 Å². The number of rotatable bonds is 16. The maximum absolute atomic E-state index is 15.3. The predicted molar refractivity (Wildman–Crippen MR) is 257 cm³/mol. The fraction of sp³-hybridized carbons (Fsp3) is 0.480. The van der Waals surface area contributed by atoms with Crippen LogP contribution >= 0.6 is 11.3 Å². The van der Waals surface area contributed by atoms with Crippen LogP contribution in [0.2, 0.25) is 0 Å². The van der Waals surface area contributed by atoms with E-state index >= 15 is 4.79 Å². The van der Waals surface area contributed by atoms with Gasteiger partial charge < -0.3 is 40.7 Å². The van der Waals surface area contributed by atoms with Gasteiger partial charge in [-0.2, -0.15) is 0 Å². The van der Waals surface area contributed by atoms with Gasteiger partial charge in [0, 0.05) is 41.3 Å². The van der Waals surface area contributed by atoms with Crippen LogP contribution < -0.4 is 30.7 Å². The number of nitrogens with one attached hydrogen (secondary N) is 4. The molecule has 8 rings (SSSR count). The van der Waals surface area contributed by atoms with E-state index < -0.39 is 76.7 Å². The normalized spacial score (nSPS) is 22.4. The molecule has 5 N–H and O–H groups in total. The number of methoxy groups -OCH3 is 1. The van der Waals surface area contributed by atoms with Crippen LogP contribution in [0.4, 0.5) is 9.93 Å². The molecular weight excluding hydrogens is 889 g/mol. The van der Waals surface area contributed by atoms with Gasteiger partial charge in [0.05, 0.1) is 48.6 Å². The molecule has 2 saturated carbocycles. The maximum atomic E-state index is 15.3. The van der Waals surface area contributed by atoms with Gasteiger partial charge >= 0.3 is 12.0 Å². The number of carboxylic acid groups (broad SMARTS) is 1. The molecule has 2 aromatic carbocycles. The summed E-state index contributed by atoms with van der Waals surface area (Å²) in [7, 11) is 1.57. The Hall–Kier alpha value is -6.56. The molecule has 68 heavy (non-hydrogen) atoms. The minimum atomic E-state index is -1.57. The summed E-state index contributed by atoms with van der Waals surface area (Å²) in [6.45, 7) is 13.3. The highest BCUT2D eigenvalue weighted by Crippen LogP contribution is 2.45. The maximum Gasteiger partial charge on any atom is 0.330 e. The second-order valence-electron chi connectivity index (χ2n) is 19.7. The summed E-state index contributed by atoms with van der Waals surface area (Å²) in [5, 5.41) is 25.6. The lowest BCUT2D eigenvalue weighted by atomic mass is 9.83. The number of carbonyl (C=O) groups excluding carboxylic acids is 5. The predicted octanol–water partition coefficient (Wildman–Crippen LogP) is 6.64. The first kappa shape index (κ1) is 47.9. The fourth-order valence-electron chi connectivity index (χ4n) is 9.60. The molecule has 17 nitrogen and oxygen atoms in total. The van der Waals surface area contributed by atoms with Crippen LogP contribution in [0.1, 0.15) is 100 Å². The number of carbonyl (C=O) groups is 6. The van der Waals surface area contributed by atoms with E-state index in [1.165, 1.54) is 22.3 Å². The number of aromatic nitrogens is 2. The highest BCUT2D eigenvalue weighted by atomic mass is 32.1. The molecule has 0 radical (unpaired) electrons. The third-order valence-electron chi connectivity index (χ3n) is 13.6. The number of amides is 6. The lowest BCUT2D eigenvalue weighted by molar-refractivity contribution is -0.146. The Kier molecular flexibility index (Phi) is 13.5. The van der Waals surface area contributed by atoms with Gasteiger partial charge in [-0.3, -0.25) is 24.1 Å². The van der Waals surface area contributed by atoms with Gasteiger partial charge in [0.2, 0.25) is 11.8 Å². The van der Waals surface area contributed by atoms with Gasteiger partial charge in [0.25, 0.3) is 11.8 Å². The number of hydrogen-bond donors (Lipinski definition) is 5. The second-order valence-corrected chi connectivity index (χ2v) is 20.6. The summed E-state index contributed by atoms with van der Waals surface area (Å²) in [5.41, 5.74) is 0.106. The van der Waals surface area contributed by atoms with Crippen molar-refractivity contribution in [2.75, 3.05) is 25.5 Å². The zero-order chi connectivity index (χ0) is 48.7. The van der Waals surface area contributed by atoms with Crippen LogP contribution in [-0.2, 0) is 14.4 Å². The van der Waals surface area contributed by atoms with E-state index in [0.29, 0.717) is 57.8 Å². The second kappa shape index (κ2) is 19.2. The zero-order valence-corrected chi connectivity index (χ0v) is 40.1. The molecule has 2 aliphatic heterocycles. The average molecular weight is 949 g/mol. The first-order valence-electron chi connectivity index (χ1n) is 23.3. The lowest BCUT2D eigenvalue weighted by Gasteiger charge is -2.37. The number of pyridine rings is 1. The standard InChI is InChI=1S/C50H60N8O9S/c1-8-29-23-50(29,46(63)64)56-42(59)38-21-31(67-39-22-36(37-26-68-48(53-37)51-27(2)3)52-35-20-30(66-7)18-19-34(35)39)24-57(38)45(62)41(28-14-10-9-11-15-28)55-47(65)54-40(49(4,5)6)25-58-43(60)32-16-12-13-17-33(32)44(58)61/h8,12-13,16-20,22,26-29,31,38,40-41H,1,9-11,14-15,21,23-25H2,2-7H3,(H,51,53)(H,56,59)(H,63,64)(H2,54,55,65)/t29?,31-,38+,40-,41+,50-/m1/s1. The quantitative estimate of drug-likeness (QED) is 0.0590. The Bertz CT molecular complexity index is 2600. The molecule has 4 heterocycles. The monoisotopic (exact) mass is 948 g/mol. The first-order chi connectivity index (χ1) is 32.4. The van der Waals surface area contributed by atoms with Crippen molar-refractivity contribution in [3.8, 4) is 22.9 Å². The van der Waals surface area contributed by atoms with E-state index in [1.54, 1.807) is 49.6 Å². The van der Waals surface area contributed by atoms with Crippen LogP contribution in [-0.4, -0.2) is 117 Å². The number of thiazole rings is 1.